The van der Waals surface area contributed by atoms with E-state index in [0.29, 0.717) is 30.2 Å². The lowest BCUT2D eigenvalue weighted by atomic mass is 9.80. The highest BCUT2D eigenvalue weighted by atomic mass is 16.5. The summed E-state index contributed by atoms with van der Waals surface area (Å²) in [4.78, 5) is 0. The van der Waals surface area contributed by atoms with Gasteiger partial charge in [0.15, 0.2) is 0 Å². The Labute approximate surface area is 175 Å². The fourth-order valence-corrected chi connectivity index (χ4v) is 4.00. The van der Waals surface area contributed by atoms with Crippen molar-refractivity contribution in [1.29, 1.82) is 5.26 Å². The number of rotatable bonds is 4. The molecule has 1 unspecified atom stereocenters. The Morgan fingerprint density at radius 1 is 1.07 bits per heavy atom. The molecule has 6 heteroatoms. The van der Waals surface area contributed by atoms with Crippen LogP contribution in [0.25, 0.3) is 6.08 Å². The van der Waals surface area contributed by atoms with E-state index in [2.05, 4.69) is 11.4 Å². The van der Waals surface area contributed by atoms with Crippen LogP contribution in [0.4, 0.5) is 0 Å². The molecule has 2 aromatic carbocycles. The molecule has 2 heterocycles. The Balaban J connectivity index is 1.88. The third kappa shape index (κ3) is 3.40. The number of benzene rings is 2. The normalized spacial score (nSPS) is 19.8. The van der Waals surface area contributed by atoms with E-state index < -0.39 is 0 Å². The molecule has 152 valence electrons. The molecule has 0 saturated carbocycles. The molecule has 0 fully saturated rings. The molecule has 0 aliphatic carbocycles. The van der Waals surface area contributed by atoms with Gasteiger partial charge in [-0.3, -0.25) is 0 Å². The molecule has 2 aromatic rings. The lowest BCUT2D eigenvalue weighted by Crippen LogP contribution is -2.34. The molecule has 0 spiro atoms. The summed E-state index contributed by atoms with van der Waals surface area (Å²) < 4.78 is 17.1. The quantitative estimate of drug-likeness (QED) is 0.816. The van der Waals surface area contributed by atoms with Gasteiger partial charge in [0.2, 0.25) is 5.88 Å². The van der Waals surface area contributed by atoms with E-state index in [1.165, 1.54) is 0 Å². The molecule has 30 heavy (non-hydrogen) atoms. The van der Waals surface area contributed by atoms with Crippen molar-refractivity contribution in [3.05, 3.63) is 88.0 Å². The zero-order chi connectivity index (χ0) is 21.1. The Bertz CT molecular complexity index is 1110. The minimum Gasteiger partial charge on any atom is -0.496 e. The van der Waals surface area contributed by atoms with Crippen LogP contribution in [-0.2, 0) is 4.74 Å². The Morgan fingerprint density at radius 2 is 1.77 bits per heavy atom. The third-order valence-electron chi connectivity index (χ3n) is 5.37. The van der Waals surface area contributed by atoms with Crippen LogP contribution < -0.4 is 20.5 Å². The van der Waals surface area contributed by atoms with Crippen LogP contribution in [0.3, 0.4) is 0 Å². The van der Waals surface area contributed by atoms with E-state index in [0.717, 1.165) is 28.0 Å². The van der Waals surface area contributed by atoms with Crippen molar-refractivity contribution in [2.24, 2.45) is 5.73 Å². The number of hydrogen-bond acceptors (Lipinski definition) is 6. The highest BCUT2D eigenvalue weighted by molar-refractivity contribution is 5.66. The number of hydrogen-bond donors (Lipinski definition) is 2. The minimum atomic E-state index is -0.344. The number of nitrogens with two attached hydrogens (primary N) is 1. The summed E-state index contributed by atoms with van der Waals surface area (Å²) in [6.07, 6.45) is 2.03. The van der Waals surface area contributed by atoms with Gasteiger partial charge in [0.1, 0.15) is 28.9 Å². The zero-order valence-electron chi connectivity index (χ0n) is 16.9. The summed E-state index contributed by atoms with van der Waals surface area (Å²) in [6.45, 7) is 1.20. The lowest BCUT2D eigenvalue weighted by molar-refractivity contribution is 0.278. The van der Waals surface area contributed by atoms with Crippen LogP contribution >= 0.6 is 0 Å². The van der Waals surface area contributed by atoms with Gasteiger partial charge in [-0.15, -0.1) is 0 Å². The maximum absolute atomic E-state index is 9.83. The van der Waals surface area contributed by atoms with E-state index in [1.54, 1.807) is 14.2 Å². The number of para-hydroxylation sites is 2. The molecule has 4 rings (SSSR count). The highest BCUT2D eigenvalue weighted by Crippen LogP contribution is 2.45. The molecular formula is C24H23N3O3. The van der Waals surface area contributed by atoms with Gasteiger partial charge in [-0.1, -0.05) is 36.4 Å². The fraction of sp³-hybridized carbons (Fsp3) is 0.208. The van der Waals surface area contributed by atoms with E-state index in [1.807, 2.05) is 54.6 Å². The summed E-state index contributed by atoms with van der Waals surface area (Å²) in [6, 6.07) is 17.7. The van der Waals surface area contributed by atoms with Crippen molar-refractivity contribution in [2.45, 2.75) is 5.92 Å². The number of nitriles is 1. The predicted molar refractivity (Wildman–Crippen MR) is 115 cm³/mol. The van der Waals surface area contributed by atoms with Crippen molar-refractivity contribution in [3.8, 4) is 17.6 Å². The molecule has 0 bridgehead atoms. The second-order valence-electron chi connectivity index (χ2n) is 7.04. The van der Waals surface area contributed by atoms with Crippen molar-refractivity contribution in [1.82, 2.24) is 5.32 Å². The number of nitrogens with zero attached hydrogens (tertiary/aromatic N) is 1. The van der Waals surface area contributed by atoms with Crippen LogP contribution in [0.5, 0.6) is 11.5 Å². The molecule has 0 aromatic heterocycles. The number of ether oxygens (including phenoxy) is 3. The van der Waals surface area contributed by atoms with Crippen molar-refractivity contribution in [3.63, 3.8) is 0 Å². The predicted octanol–water partition coefficient (Wildman–Crippen LogP) is 3.45. The van der Waals surface area contributed by atoms with Gasteiger partial charge < -0.3 is 25.3 Å². The molecule has 6 nitrogen and oxygen atoms in total. The summed E-state index contributed by atoms with van der Waals surface area (Å²) in [5.41, 5.74) is 10.3. The fourth-order valence-electron chi connectivity index (χ4n) is 4.00. The van der Waals surface area contributed by atoms with Crippen LogP contribution in [0.1, 0.15) is 17.0 Å². The molecule has 0 amide bonds. The SMILES string of the molecule is COc1ccccc1/C=C1\CNCC2=C1OC(N)=C(C#N)C2c1ccccc1OC. The minimum absolute atomic E-state index is 0.125. The van der Waals surface area contributed by atoms with Crippen molar-refractivity contribution in [2.75, 3.05) is 27.3 Å². The van der Waals surface area contributed by atoms with E-state index in [-0.39, 0.29) is 11.8 Å². The molecular weight excluding hydrogens is 378 g/mol. The molecule has 1 atom stereocenters. The maximum Gasteiger partial charge on any atom is 0.205 e. The summed E-state index contributed by atoms with van der Waals surface area (Å²) in [7, 11) is 3.27. The van der Waals surface area contributed by atoms with Gasteiger partial charge in [-0.2, -0.15) is 5.26 Å². The Morgan fingerprint density at radius 3 is 2.50 bits per heavy atom. The molecule has 2 aliphatic rings. The summed E-state index contributed by atoms with van der Waals surface area (Å²) in [5, 5.41) is 13.3. The first-order chi connectivity index (χ1) is 14.7. The number of nitrogens with one attached hydrogen (secondary N) is 1. The number of allylic oxidation sites excluding steroid dienone is 1. The van der Waals surface area contributed by atoms with Crippen LogP contribution in [-0.4, -0.2) is 27.3 Å². The van der Waals surface area contributed by atoms with Crippen LogP contribution in [0, 0.1) is 11.3 Å². The van der Waals surface area contributed by atoms with Crippen molar-refractivity contribution >= 4 is 6.08 Å². The van der Waals surface area contributed by atoms with Gasteiger partial charge >= 0.3 is 0 Å². The molecule has 0 saturated heterocycles. The van der Waals surface area contributed by atoms with Gasteiger partial charge in [-0.25, -0.2) is 0 Å². The molecule has 3 N–H and O–H groups in total. The van der Waals surface area contributed by atoms with Crippen LogP contribution in [0.15, 0.2) is 76.9 Å². The average Bonchev–Trinajstić information content (AvgIpc) is 2.79. The maximum atomic E-state index is 9.83. The van der Waals surface area contributed by atoms with Crippen molar-refractivity contribution < 1.29 is 14.2 Å². The average molecular weight is 401 g/mol. The molecule has 0 radical (unpaired) electrons. The second kappa shape index (κ2) is 8.36. The first-order valence-corrected chi connectivity index (χ1v) is 9.66. The largest absolute Gasteiger partial charge is 0.496 e. The van der Waals surface area contributed by atoms with Crippen LogP contribution in [0.2, 0.25) is 0 Å². The van der Waals surface area contributed by atoms with Gasteiger partial charge in [0.25, 0.3) is 0 Å². The number of methoxy groups -OCH3 is 2. The zero-order valence-corrected chi connectivity index (χ0v) is 16.9. The van der Waals surface area contributed by atoms with E-state index >= 15 is 0 Å². The van der Waals surface area contributed by atoms with E-state index in [4.69, 9.17) is 19.9 Å². The van der Waals surface area contributed by atoms with E-state index in [9.17, 15) is 5.26 Å². The monoisotopic (exact) mass is 401 g/mol. The lowest BCUT2D eigenvalue weighted by Gasteiger charge is -2.34. The first-order valence-electron chi connectivity index (χ1n) is 9.66. The van der Waals surface area contributed by atoms with Gasteiger partial charge in [-0.05, 0) is 23.8 Å². The van der Waals surface area contributed by atoms with Gasteiger partial charge in [0.05, 0.1) is 20.1 Å². The Hall–Kier alpha value is -3.69. The third-order valence-corrected chi connectivity index (χ3v) is 5.37. The first kappa shape index (κ1) is 19.6. The standard InChI is InChI=1S/C24H23N3O3/c1-28-20-9-5-3-7-15(20)11-16-13-27-14-19-22(17-8-4-6-10-21(17)29-2)18(12-25)24(26)30-23(16)19/h3-11,22,27H,13-14,26H2,1-2H3/b16-11+. The second-order valence-corrected chi connectivity index (χ2v) is 7.04. The highest BCUT2D eigenvalue weighted by Gasteiger charge is 2.36. The topological polar surface area (TPSA) is 89.5 Å². The molecule has 2 aliphatic heterocycles. The summed E-state index contributed by atoms with van der Waals surface area (Å²) in [5.74, 6) is 1.96. The Kier molecular flexibility index (Phi) is 5.46. The van der Waals surface area contributed by atoms with Gasteiger partial charge in [0, 0.05) is 29.8 Å². The summed E-state index contributed by atoms with van der Waals surface area (Å²) >= 11 is 0. The smallest absolute Gasteiger partial charge is 0.205 e.